The van der Waals surface area contributed by atoms with Gasteiger partial charge in [0, 0.05) is 31.9 Å². The second kappa shape index (κ2) is 6.56. The lowest BCUT2D eigenvalue weighted by molar-refractivity contribution is -0.139. The van der Waals surface area contributed by atoms with Gasteiger partial charge in [0.25, 0.3) is 0 Å². The third-order valence-electron chi connectivity index (χ3n) is 6.27. The predicted octanol–water partition coefficient (Wildman–Crippen LogP) is 2.34. The Balaban J connectivity index is 1.50. The van der Waals surface area contributed by atoms with Crippen molar-refractivity contribution >= 4 is 11.7 Å². The molecule has 0 bridgehead atoms. The van der Waals surface area contributed by atoms with Gasteiger partial charge in [-0.1, -0.05) is 0 Å². The molecule has 1 saturated carbocycles. The van der Waals surface area contributed by atoms with Crippen molar-refractivity contribution in [3.8, 4) is 0 Å². The van der Waals surface area contributed by atoms with Crippen LogP contribution in [0.15, 0.2) is 18.3 Å². The van der Waals surface area contributed by atoms with Crippen LogP contribution in [-0.2, 0) is 4.79 Å². The van der Waals surface area contributed by atoms with Crippen LogP contribution in [0.25, 0.3) is 0 Å². The lowest BCUT2D eigenvalue weighted by Gasteiger charge is -2.41. The van der Waals surface area contributed by atoms with Crippen molar-refractivity contribution in [2.24, 2.45) is 5.41 Å². The van der Waals surface area contributed by atoms with Crippen LogP contribution in [-0.4, -0.2) is 52.7 Å². The number of aromatic nitrogens is 1. The second-order valence-corrected chi connectivity index (χ2v) is 7.83. The van der Waals surface area contributed by atoms with Gasteiger partial charge in [0.2, 0.25) is 5.91 Å². The molecule has 136 valence electrons. The van der Waals surface area contributed by atoms with Crippen LogP contribution in [0.3, 0.4) is 0 Å². The van der Waals surface area contributed by atoms with E-state index in [2.05, 4.69) is 4.98 Å². The molecule has 25 heavy (non-hydrogen) atoms. The van der Waals surface area contributed by atoms with Gasteiger partial charge in [0.05, 0.1) is 11.5 Å². The van der Waals surface area contributed by atoms with Gasteiger partial charge in [-0.25, -0.2) is 9.37 Å². The summed E-state index contributed by atoms with van der Waals surface area (Å²) in [5.74, 6) is 0.284. The smallest absolute Gasteiger partial charge is 0.230 e. The largest absolute Gasteiger partial charge is 0.393 e. The summed E-state index contributed by atoms with van der Waals surface area (Å²) >= 11 is 0. The number of piperidine rings is 1. The van der Waals surface area contributed by atoms with Gasteiger partial charge in [-0.3, -0.25) is 4.79 Å². The monoisotopic (exact) mass is 347 g/mol. The molecule has 0 aromatic carbocycles. The summed E-state index contributed by atoms with van der Waals surface area (Å²) in [5.41, 5.74) is -0.391. The third-order valence-corrected chi connectivity index (χ3v) is 6.27. The highest BCUT2D eigenvalue weighted by atomic mass is 19.1. The molecule has 1 aliphatic carbocycles. The topological polar surface area (TPSA) is 56.7 Å². The van der Waals surface area contributed by atoms with E-state index < -0.39 is 5.41 Å². The standard InChI is InChI=1S/C19H26FN3O2/c20-16-3-1-10-21-17(16)22-11-2-8-19(13-22)9-12-23(18(19)25)14-4-6-15(24)7-5-14/h1,3,10,14-15,24H,2,4-9,11-13H2/t14-,15-,19?. The highest BCUT2D eigenvalue weighted by Crippen LogP contribution is 2.43. The number of aliphatic hydroxyl groups is 1. The highest BCUT2D eigenvalue weighted by molar-refractivity contribution is 5.86. The molecule has 1 unspecified atom stereocenters. The van der Waals surface area contributed by atoms with E-state index >= 15 is 0 Å². The number of anilines is 1. The van der Waals surface area contributed by atoms with Crippen molar-refractivity contribution in [3.63, 3.8) is 0 Å². The van der Waals surface area contributed by atoms with Crippen molar-refractivity contribution in [3.05, 3.63) is 24.1 Å². The molecular formula is C19H26FN3O2. The van der Waals surface area contributed by atoms with E-state index in [0.29, 0.717) is 12.4 Å². The molecule has 2 aliphatic heterocycles. The van der Waals surface area contributed by atoms with Gasteiger partial charge in [-0.05, 0) is 57.1 Å². The van der Waals surface area contributed by atoms with Gasteiger partial charge < -0.3 is 14.9 Å². The lowest BCUT2D eigenvalue weighted by Crippen LogP contribution is -2.50. The number of hydrogen-bond acceptors (Lipinski definition) is 4. The summed E-state index contributed by atoms with van der Waals surface area (Å²) in [6.07, 6.45) is 7.36. The van der Waals surface area contributed by atoms with Gasteiger partial charge >= 0.3 is 0 Å². The molecule has 4 rings (SSSR count). The molecule has 1 aromatic rings. The van der Waals surface area contributed by atoms with Gasteiger partial charge in [-0.2, -0.15) is 0 Å². The minimum atomic E-state index is -0.391. The van der Waals surface area contributed by atoms with Crippen LogP contribution in [0.2, 0.25) is 0 Å². The minimum absolute atomic E-state index is 0.208. The maximum atomic E-state index is 14.1. The van der Waals surface area contributed by atoms with Crippen molar-refractivity contribution in [2.45, 2.75) is 57.1 Å². The Kier molecular flexibility index (Phi) is 4.40. The summed E-state index contributed by atoms with van der Waals surface area (Å²) in [4.78, 5) is 21.4. The first-order chi connectivity index (χ1) is 12.1. The van der Waals surface area contributed by atoms with E-state index in [0.717, 1.165) is 58.0 Å². The van der Waals surface area contributed by atoms with Crippen LogP contribution < -0.4 is 4.90 Å². The first kappa shape index (κ1) is 16.8. The average molecular weight is 347 g/mol. The number of hydrogen-bond donors (Lipinski definition) is 1. The molecule has 3 heterocycles. The summed E-state index contributed by atoms with van der Waals surface area (Å²) < 4.78 is 14.1. The fraction of sp³-hybridized carbons (Fsp3) is 0.684. The average Bonchev–Trinajstić information content (AvgIpc) is 2.92. The van der Waals surface area contributed by atoms with E-state index in [9.17, 15) is 14.3 Å². The van der Waals surface area contributed by atoms with Crippen molar-refractivity contribution in [1.29, 1.82) is 0 Å². The Hall–Kier alpha value is -1.69. The molecule has 1 aromatic heterocycles. The predicted molar refractivity (Wildman–Crippen MR) is 92.7 cm³/mol. The molecule has 1 spiro atoms. The number of carbonyl (C=O) groups excluding carboxylic acids is 1. The van der Waals surface area contributed by atoms with Crippen LogP contribution in [0.4, 0.5) is 10.2 Å². The zero-order chi connectivity index (χ0) is 17.4. The number of aliphatic hydroxyl groups excluding tert-OH is 1. The molecule has 1 amide bonds. The number of likely N-dealkylation sites (tertiary alicyclic amines) is 1. The van der Waals surface area contributed by atoms with E-state index in [1.165, 1.54) is 6.07 Å². The maximum Gasteiger partial charge on any atom is 0.230 e. The molecule has 3 fully saturated rings. The van der Waals surface area contributed by atoms with Crippen molar-refractivity contribution in [2.75, 3.05) is 24.5 Å². The van der Waals surface area contributed by atoms with Crippen molar-refractivity contribution in [1.82, 2.24) is 9.88 Å². The van der Waals surface area contributed by atoms with E-state index in [-0.39, 0.29) is 23.9 Å². The number of carbonyl (C=O) groups is 1. The Bertz CT molecular complexity index is 647. The lowest BCUT2D eigenvalue weighted by atomic mass is 9.78. The second-order valence-electron chi connectivity index (χ2n) is 7.83. The Morgan fingerprint density at radius 1 is 1.20 bits per heavy atom. The van der Waals surface area contributed by atoms with Crippen LogP contribution in [0.1, 0.15) is 44.9 Å². The molecule has 2 saturated heterocycles. The number of amides is 1. The van der Waals surface area contributed by atoms with Crippen LogP contribution in [0, 0.1) is 11.2 Å². The molecule has 1 atom stereocenters. The molecule has 5 nitrogen and oxygen atoms in total. The Labute approximate surface area is 147 Å². The molecule has 3 aliphatic rings. The maximum absolute atomic E-state index is 14.1. The minimum Gasteiger partial charge on any atom is -0.393 e. The fourth-order valence-electron chi connectivity index (χ4n) is 4.87. The molecular weight excluding hydrogens is 321 g/mol. The Morgan fingerprint density at radius 3 is 2.76 bits per heavy atom. The number of halogens is 1. The summed E-state index contributed by atoms with van der Waals surface area (Å²) in [5, 5.41) is 9.71. The number of pyridine rings is 1. The van der Waals surface area contributed by atoms with Crippen molar-refractivity contribution < 1.29 is 14.3 Å². The van der Waals surface area contributed by atoms with E-state index in [4.69, 9.17) is 0 Å². The molecule has 0 radical (unpaired) electrons. The SMILES string of the molecule is O=C1N([C@H]2CC[C@H](O)CC2)CCC12CCCN(c1ncccc1F)C2. The van der Waals surface area contributed by atoms with Gasteiger partial charge in [-0.15, -0.1) is 0 Å². The van der Waals surface area contributed by atoms with Crippen LogP contribution >= 0.6 is 0 Å². The summed E-state index contributed by atoms with van der Waals surface area (Å²) in [6.45, 7) is 2.10. The number of nitrogens with zero attached hydrogens (tertiary/aromatic N) is 3. The zero-order valence-corrected chi connectivity index (χ0v) is 14.5. The van der Waals surface area contributed by atoms with E-state index in [1.807, 2.05) is 9.80 Å². The molecule has 6 heteroatoms. The quantitative estimate of drug-likeness (QED) is 0.892. The Morgan fingerprint density at radius 2 is 2.00 bits per heavy atom. The highest BCUT2D eigenvalue weighted by Gasteiger charge is 2.51. The van der Waals surface area contributed by atoms with Crippen LogP contribution in [0.5, 0.6) is 0 Å². The number of rotatable bonds is 2. The van der Waals surface area contributed by atoms with E-state index in [1.54, 1.807) is 12.3 Å². The summed E-state index contributed by atoms with van der Waals surface area (Å²) in [6, 6.07) is 3.29. The molecule has 1 N–H and O–H groups in total. The van der Waals surface area contributed by atoms with Gasteiger partial charge in [0.1, 0.15) is 0 Å². The first-order valence-electron chi connectivity index (χ1n) is 9.44. The zero-order valence-electron chi connectivity index (χ0n) is 14.5. The normalized spacial score (nSPS) is 33.3. The first-order valence-corrected chi connectivity index (χ1v) is 9.44. The summed E-state index contributed by atoms with van der Waals surface area (Å²) in [7, 11) is 0. The third kappa shape index (κ3) is 3.01. The fourth-order valence-corrected chi connectivity index (χ4v) is 4.87. The van der Waals surface area contributed by atoms with Gasteiger partial charge in [0.15, 0.2) is 11.6 Å².